The highest BCUT2D eigenvalue weighted by molar-refractivity contribution is 5.72. The number of aliphatic hydroxyl groups excluding tert-OH is 1. The number of rotatable bonds is 4. The minimum absolute atomic E-state index is 0.0132. The normalized spacial score (nSPS) is 9.06. The monoisotopic (exact) mass is 234 g/mol. The van der Waals surface area contributed by atoms with Gasteiger partial charge in [0.1, 0.15) is 18.8 Å². The number of ether oxygens (including phenoxy) is 2. The van der Waals surface area contributed by atoms with Gasteiger partial charge in [0.2, 0.25) is 0 Å². The Hall–Kier alpha value is -1.99. The first kappa shape index (κ1) is 13.1. The average Bonchev–Trinajstić information content (AvgIpc) is 2.37. The highest BCUT2D eigenvalue weighted by Crippen LogP contribution is 2.11. The topological polar surface area (TPSA) is 55.8 Å². The number of carbonyl (C=O) groups is 1. The molecule has 0 aliphatic carbocycles. The summed E-state index contributed by atoms with van der Waals surface area (Å²) in [5, 5.41) is 8.58. The lowest BCUT2D eigenvalue weighted by Gasteiger charge is -2.02. The molecule has 1 aromatic rings. The molecule has 1 N–H and O–H groups in total. The summed E-state index contributed by atoms with van der Waals surface area (Å²) in [5.41, 5.74) is 0.797. The Balaban J connectivity index is 2.52. The van der Waals surface area contributed by atoms with Gasteiger partial charge in [-0.2, -0.15) is 0 Å². The molecule has 0 fully saturated rings. The highest BCUT2D eigenvalue weighted by atomic mass is 16.5. The first-order valence-electron chi connectivity index (χ1n) is 5.15. The zero-order valence-corrected chi connectivity index (χ0v) is 9.60. The number of esters is 1. The van der Waals surface area contributed by atoms with Crippen LogP contribution < -0.4 is 4.74 Å². The van der Waals surface area contributed by atoms with Crippen LogP contribution in [0.3, 0.4) is 0 Å². The molecule has 0 saturated heterocycles. The van der Waals surface area contributed by atoms with Crippen molar-refractivity contribution in [2.75, 3.05) is 20.3 Å². The van der Waals surface area contributed by atoms with E-state index in [9.17, 15) is 4.79 Å². The second-order valence-corrected chi connectivity index (χ2v) is 3.15. The van der Waals surface area contributed by atoms with Crippen molar-refractivity contribution in [2.45, 2.75) is 6.42 Å². The van der Waals surface area contributed by atoms with Gasteiger partial charge in [0.25, 0.3) is 0 Å². The molecular formula is C13H14O4. The molecule has 0 heterocycles. The fraction of sp³-hybridized carbons (Fsp3) is 0.308. The number of aliphatic hydroxyl groups is 1. The third kappa shape index (κ3) is 5.05. The Bertz CT molecular complexity index is 411. The van der Waals surface area contributed by atoms with Crippen molar-refractivity contribution >= 4 is 5.97 Å². The van der Waals surface area contributed by atoms with Gasteiger partial charge in [-0.05, 0) is 24.3 Å². The molecule has 0 bridgehead atoms. The van der Waals surface area contributed by atoms with Crippen molar-refractivity contribution in [1.82, 2.24) is 0 Å². The predicted molar refractivity (Wildman–Crippen MR) is 62.5 cm³/mol. The quantitative estimate of drug-likeness (QED) is 0.623. The van der Waals surface area contributed by atoms with Gasteiger partial charge in [0, 0.05) is 5.56 Å². The molecule has 0 aliphatic rings. The largest absolute Gasteiger partial charge is 0.491 e. The molecule has 0 spiro atoms. The van der Waals surface area contributed by atoms with Crippen LogP contribution in [-0.4, -0.2) is 31.4 Å². The molecule has 90 valence electrons. The van der Waals surface area contributed by atoms with E-state index in [-0.39, 0.29) is 25.6 Å². The van der Waals surface area contributed by atoms with Crippen LogP contribution in [0.2, 0.25) is 0 Å². The second-order valence-electron chi connectivity index (χ2n) is 3.15. The van der Waals surface area contributed by atoms with Crippen molar-refractivity contribution in [3.8, 4) is 17.6 Å². The Labute approximate surface area is 100 Å². The van der Waals surface area contributed by atoms with Crippen LogP contribution in [0, 0.1) is 11.8 Å². The zero-order chi connectivity index (χ0) is 12.5. The van der Waals surface area contributed by atoms with Crippen molar-refractivity contribution in [2.24, 2.45) is 0 Å². The van der Waals surface area contributed by atoms with Gasteiger partial charge < -0.3 is 14.6 Å². The molecule has 0 saturated carbocycles. The minimum Gasteiger partial charge on any atom is -0.491 e. The van der Waals surface area contributed by atoms with Gasteiger partial charge in [0.15, 0.2) is 0 Å². The molecule has 1 aromatic carbocycles. The van der Waals surface area contributed by atoms with E-state index >= 15 is 0 Å². The highest BCUT2D eigenvalue weighted by Gasteiger charge is 1.95. The molecular weight excluding hydrogens is 220 g/mol. The molecule has 0 amide bonds. The molecule has 4 nitrogen and oxygen atoms in total. The second kappa shape index (κ2) is 7.31. The molecule has 0 aliphatic heterocycles. The number of benzene rings is 1. The first-order chi connectivity index (χ1) is 8.26. The van der Waals surface area contributed by atoms with Crippen LogP contribution in [0.15, 0.2) is 24.3 Å². The van der Waals surface area contributed by atoms with Crippen molar-refractivity contribution in [1.29, 1.82) is 0 Å². The van der Waals surface area contributed by atoms with Crippen molar-refractivity contribution in [3.05, 3.63) is 29.8 Å². The molecule has 0 unspecified atom stereocenters. The predicted octanol–water partition coefficient (Wildman–Crippen LogP) is 0.972. The summed E-state index contributed by atoms with van der Waals surface area (Å²) >= 11 is 0. The number of hydrogen-bond acceptors (Lipinski definition) is 4. The van der Waals surface area contributed by atoms with Gasteiger partial charge in [-0.1, -0.05) is 11.8 Å². The summed E-state index contributed by atoms with van der Waals surface area (Å²) in [6.45, 7) is 0.258. The van der Waals surface area contributed by atoms with E-state index in [2.05, 4.69) is 16.6 Å². The summed E-state index contributed by atoms with van der Waals surface area (Å²) in [6.07, 6.45) is 0.0826. The first-order valence-corrected chi connectivity index (χ1v) is 5.15. The lowest BCUT2D eigenvalue weighted by Crippen LogP contribution is -2.01. The lowest BCUT2D eigenvalue weighted by atomic mass is 10.2. The lowest BCUT2D eigenvalue weighted by molar-refractivity contribution is -0.139. The number of methoxy groups -OCH3 is 1. The molecule has 1 rings (SSSR count). The summed E-state index contributed by atoms with van der Waals surface area (Å²) in [7, 11) is 1.33. The van der Waals surface area contributed by atoms with Crippen molar-refractivity contribution < 1.29 is 19.4 Å². The SMILES string of the molecule is COC(=O)CC#Cc1ccc(OCCO)cc1. The molecule has 17 heavy (non-hydrogen) atoms. The fourth-order valence-corrected chi connectivity index (χ4v) is 1.09. The third-order valence-electron chi connectivity index (χ3n) is 1.91. The van der Waals surface area contributed by atoms with Crippen LogP contribution >= 0.6 is 0 Å². The maximum Gasteiger partial charge on any atom is 0.317 e. The van der Waals surface area contributed by atoms with Crippen LogP contribution in [0.1, 0.15) is 12.0 Å². The smallest absolute Gasteiger partial charge is 0.317 e. The fourth-order valence-electron chi connectivity index (χ4n) is 1.09. The van der Waals surface area contributed by atoms with Crippen LogP contribution in [0.5, 0.6) is 5.75 Å². The summed E-state index contributed by atoms with van der Waals surface area (Å²) in [6, 6.07) is 7.10. The van der Waals surface area contributed by atoms with E-state index < -0.39 is 0 Å². The van der Waals surface area contributed by atoms with Gasteiger partial charge in [-0.15, -0.1) is 0 Å². The summed E-state index contributed by atoms with van der Waals surface area (Å²) in [5.74, 6) is 5.88. The Morgan fingerprint density at radius 1 is 1.35 bits per heavy atom. The van der Waals surface area contributed by atoms with Gasteiger partial charge in [-0.25, -0.2) is 0 Å². The van der Waals surface area contributed by atoms with E-state index in [4.69, 9.17) is 9.84 Å². The Morgan fingerprint density at radius 3 is 2.65 bits per heavy atom. The summed E-state index contributed by atoms with van der Waals surface area (Å²) < 4.78 is 9.66. The third-order valence-corrected chi connectivity index (χ3v) is 1.91. The maximum absolute atomic E-state index is 10.8. The molecule has 0 aromatic heterocycles. The molecule has 4 heteroatoms. The Kier molecular flexibility index (Phi) is 5.62. The van der Waals surface area contributed by atoms with Gasteiger partial charge in [0.05, 0.1) is 13.7 Å². The molecule has 0 radical (unpaired) electrons. The van der Waals surface area contributed by atoms with Crippen molar-refractivity contribution in [3.63, 3.8) is 0 Å². The number of hydrogen-bond donors (Lipinski definition) is 1. The van der Waals surface area contributed by atoms with Gasteiger partial charge >= 0.3 is 5.97 Å². The van der Waals surface area contributed by atoms with E-state index in [1.165, 1.54) is 7.11 Å². The maximum atomic E-state index is 10.8. The van der Waals surface area contributed by atoms with E-state index in [1.54, 1.807) is 24.3 Å². The average molecular weight is 234 g/mol. The number of carbonyl (C=O) groups excluding carboxylic acids is 1. The minimum atomic E-state index is -0.347. The van der Waals surface area contributed by atoms with E-state index in [0.29, 0.717) is 5.75 Å². The van der Waals surface area contributed by atoms with Crippen LogP contribution in [0.25, 0.3) is 0 Å². The van der Waals surface area contributed by atoms with Crippen LogP contribution in [0.4, 0.5) is 0 Å². The van der Waals surface area contributed by atoms with E-state index in [1.807, 2.05) is 0 Å². The standard InChI is InChI=1S/C13H14O4/c1-16-13(15)4-2-3-11-5-7-12(8-6-11)17-10-9-14/h5-8,14H,4,9-10H2,1H3. The molecule has 0 atom stereocenters. The van der Waals surface area contributed by atoms with E-state index in [0.717, 1.165) is 5.56 Å². The Morgan fingerprint density at radius 2 is 2.06 bits per heavy atom. The van der Waals surface area contributed by atoms with Gasteiger partial charge in [-0.3, -0.25) is 4.79 Å². The zero-order valence-electron chi connectivity index (χ0n) is 9.60. The summed E-state index contributed by atoms with van der Waals surface area (Å²) in [4.78, 5) is 10.8. The van der Waals surface area contributed by atoms with Crippen LogP contribution in [-0.2, 0) is 9.53 Å².